The minimum atomic E-state index is -0.118. The first-order valence-corrected chi connectivity index (χ1v) is 10.1. The van der Waals surface area contributed by atoms with Crippen molar-refractivity contribution in [3.8, 4) is 9.88 Å². The lowest BCUT2D eigenvalue weighted by atomic mass is 10.3. The molecular weight excluding hydrogens is 364 g/mol. The molecular formula is C19H18N4OS2. The third kappa shape index (κ3) is 3.15. The third-order valence-corrected chi connectivity index (χ3v) is 6.54. The van der Waals surface area contributed by atoms with Gasteiger partial charge in [0.25, 0.3) is 5.91 Å². The van der Waals surface area contributed by atoms with Crippen molar-refractivity contribution in [3.05, 3.63) is 53.5 Å². The molecule has 1 N–H and O–H groups in total. The van der Waals surface area contributed by atoms with E-state index >= 15 is 0 Å². The fourth-order valence-electron chi connectivity index (χ4n) is 2.67. The summed E-state index contributed by atoms with van der Waals surface area (Å²) in [5.74, 6) is 0.603. The number of benzene rings is 1. The van der Waals surface area contributed by atoms with E-state index in [4.69, 9.17) is 0 Å². The average molecular weight is 383 g/mol. The Labute approximate surface area is 159 Å². The molecule has 0 aliphatic carbocycles. The number of rotatable bonds is 5. The first kappa shape index (κ1) is 16.9. The van der Waals surface area contributed by atoms with Crippen molar-refractivity contribution >= 4 is 44.6 Å². The van der Waals surface area contributed by atoms with Crippen LogP contribution in [-0.2, 0) is 0 Å². The number of nitrogens with zero attached hydrogens (tertiary/aromatic N) is 3. The molecule has 1 aromatic carbocycles. The van der Waals surface area contributed by atoms with Crippen molar-refractivity contribution in [3.63, 3.8) is 0 Å². The molecule has 0 bridgehead atoms. The molecule has 0 saturated carbocycles. The molecule has 0 radical (unpaired) electrons. The van der Waals surface area contributed by atoms with E-state index in [9.17, 15) is 4.79 Å². The Bertz CT molecular complexity index is 1030. The van der Waals surface area contributed by atoms with Crippen LogP contribution in [-0.4, -0.2) is 20.7 Å². The van der Waals surface area contributed by atoms with Crippen molar-refractivity contribution in [1.82, 2.24) is 14.8 Å². The minimum Gasteiger partial charge on any atom is -0.306 e. The number of carbonyl (C=O) groups is 1. The molecule has 132 valence electrons. The van der Waals surface area contributed by atoms with E-state index < -0.39 is 0 Å². The number of hydrogen-bond acceptors (Lipinski definition) is 5. The number of para-hydroxylation sites is 1. The molecule has 4 aromatic rings. The van der Waals surface area contributed by atoms with Gasteiger partial charge in [-0.1, -0.05) is 19.1 Å². The van der Waals surface area contributed by atoms with Gasteiger partial charge in [0.15, 0.2) is 0 Å². The van der Waals surface area contributed by atoms with Crippen LogP contribution >= 0.6 is 22.7 Å². The zero-order valence-corrected chi connectivity index (χ0v) is 16.1. The second-order valence-electron chi connectivity index (χ2n) is 6.02. The fraction of sp³-hybridized carbons (Fsp3) is 0.211. The van der Waals surface area contributed by atoms with E-state index in [1.54, 1.807) is 17.5 Å². The maximum absolute atomic E-state index is 12.6. The Hall–Kier alpha value is -2.51. The number of nitrogens with one attached hydrogen (secondary N) is 1. The summed E-state index contributed by atoms with van der Waals surface area (Å²) in [6.45, 7) is 4.18. The topological polar surface area (TPSA) is 59.8 Å². The maximum Gasteiger partial charge on any atom is 0.266 e. The van der Waals surface area contributed by atoms with E-state index in [1.807, 2.05) is 41.1 Å². The molecule has 26 heavy (non-hydrogen) atoms. The van der Waals surface area contributed by atoms with Gasteiger partial charge < -0.3 is 5.32 Å². The number of fused-ring (bicyclic) bond motifs is 1. The molecule has 3 heterocycles. The lowest BCUT2D eigenvalue weighted by Gasteiger charge is -2.13. The van der Waals surface area contributed by atoms with Crippen molar-refractivity contribution in [2.75, 3.05) is 5.32 Å². The van der Waals surface area contributed by atoms with E-state index in [-0.39, 0.29) is 11.9 Å². The molecule has 5 nitrogen and oxygen atoms in total. The number of hydrogen-bond donors (Lipinski definition) is 1. The Balaban J connectivity index is 1.56. The molecule has 0 aliphatic heterocycles. The first-order chi connectivity index (χ1) is 12.7. The molecule has 1 atom stereocenters. The van der Waals surface area contributed by atoms with Crippen molar-refractivity contribution in [2.45, 2.75) is 26.3 Å². The smallest absolute Gasteiger partial charge is 0.266 e. The summed E-state index contributed by atoms with van der Waals surface area (Å²) in [6.07, 6.45) is 2.66. The molecule has 4 rings (SSSR count). The van der Waals surface area contributed by atoms with Crippen LogP contribution in [0.25, 0.3) is 20.1 Å². The second kappa shape index (κ2) is 7.01. The maximum atomic E-state index is 12.6. The van der Waals surface area contributed by atoms with Crippen LogP contribution in [0.4, 0.5) is 5.82 Å². The molecule has 0 fully saturated rings. The highest BCUT2D eigenvalue weighted by Gasteiger charge is 2.16. The van der Waals surface area contributed by atoms with Crippen LogP contribution < -0.4 is 5.32 Å². The van der Waals surface area contributed by atoms with Crippen molar-refractivity contribution in [1.29, 1.82) is 0 Å². The van der Waals surface area contributed by atoms with Gasteiger partial charge in [0.2, 0.25) is 0 Å². The summed E-state index contributed by atoms with van der Waals surface area (Å²) in [6, 6.07) is 13.9. The van der Waals surface area contributed by atoms with Crippen LogP contribution in [0.3, 0.4) is 0 Å². The van der Waals surface area contributed by atoms with E-state index in [0.717, 1.165) is 32.3 Å². The Morgan fingerprint density at radius 3 is 2.85 bits per heavy atom. The largest absolute Gasteiger partial charge is 0.306 e. The lowest BCUT2D eigenvalue weighted by molar-refractivity contribution is 0.102. The highest BCUT2D eigenvalue weighted by molar-refractivity contribution is 7.26. The Kier molecular flexibility index (Phi) is 4.57. The summed E-state index contributed by atoms with van der Waals surface area (Å²) >= 11 is 3.10. The van der Waals surface area contributed by atoms with Gasteiger partial charge in [0.05, 0.1) is 32.2 Å². The molecule has 0 saturated heterocycles. The SMILES string of the molecule is CCC(C)n1nccc1NC(=O)c1ccc(-c2nc3ccccc3s2)s1. The van der Waals surface area contributed by atoms with E-state index in [0.29, 0.717) is 4.88 Å². The molecule has 3 aromatic heterocycles. The van der Waals surface area contributed by atoms with E-state index in [2.05, 4.69) is 35.3 Å². The van der Waals surface area contributed by atoms with Gasteiger partial charge in [0.1, 0.15) is 10.8 Å². The molecule has 0 spiro atoms. The van der Waals surface area contributed by atoms with Gasteiger partial charge in [-0.25, -0.2) is 9.67 Å². The summed E-state index contributed by atoms with van der Waals surface area (Å²) < 4.78 is 3.00. The standard InChI is InChI=1S/C19H18N4OS2/c1-3-12(2)23-17(10-11-20-23)22-18(24)15-8-9-16(25-15)19-21-13-6-4-5-7-14(13)26-19/h4-12H,3H2,1-2H3,(H,22,24). The third-order valence-electron chi connectivity index (χ3n) is 4.25. The minimum absolute atomic E-state index is 0.118. The van der Waals surface area contributed by atoms with Gasteiger partial charge in [-0.05, 0) is 37.6 Å². The number of carbonyl (C=O) groups excluding carboxylic acids is 1. The predicted molar refractivity (Wildman–Crippen MR) is 108 cm³/mol. The summed E-state index contributed by atoms with van der Waals surface area (Å²) in [5, 5.41) is 8.22. The number of anilines is 1. The van der Waals surface area contributed by atoms with Gasteiger partial charge >= 0.3 is 0 Å². The highest BCUT2D eigenvalue weighted by Crippen LogP contribution is 2.34. The van der Waals surface area contributed by atoms with Crippen LogP contribution in [0.15, 0.2) is 48.7 Å². The Morgan fingerprint density at radius 2 is 2.04 bits per heavy atom. The summed E-state index contributed by atoms with van der Waals surface area (Å²) in [5.41, 5.74) is 0.990. The number of aromatic nitrogens is 3. The predicted octanol–water partition coefficient (Wildman–Crippen LogP) is 5.44. The first-order valence-electron chi connectivity index (χ1n) is 8.46. The van der Waals surface area contributed by atoms with Crippen LogP contribution in [0.5, 0.6) is 0 Å². The van der Waals surface area contributed by atoms with Gasteiger partial charge in [0, 0.05) is 6.07 Å². The fourth-order valence-corrected chi connectivity index (χ4v) is 4.59. The van der Waals surface area contributed by atoms with Gasteiger partial charge in [-0.15, -0.1) is 22.7 Å². The quantitative estimate of drug-likeness (QED) is 0.500. The lowest BCUT2D eigenvalue weighted by Crippen LogP contribution is -2.16. The monoisotopic (exact) mass is 382 g/mol. The highest BCUT2D eigenvalue weighted by atomic mass is 32.1. The Morgan fingerprint density at radius 1 is 1.19 bits per heavy atom. The normalized spacial score (nSPS) is 12.4. The molecule has 1 unspecified atom stereocenters. The molecule has 1 amide bonds. The van der Waals surface area contributed by atoms with Crippen LogP contribution in [0.1, 0.15) is 36.0 Å². The van der Waals surface area contributed by atoms with Crippen molar-refractivity contribution in [2.24, 2.45) is 0 Å². The second-order valence-corrected chi connectivity index (χ2v) is 8.14. The summed E-state index contributed by atoms with van der Waals surface area (Å²) in [7, 11) is 0. The van der Waals surface area contributed by atoms with Gasteiger partial charge in [-0.2, -0.15) is 5.10 Å². The number of thiazole rings is 1. The van der Waals surface area contributed by atoms with E-state index in [1.165, 1.54) is 11.3 Å². The summed E-state index contributed by atoms with van der Waals surface area (Å²) in [4.78, 5) is 19.0. The van der Waals surface area contributed by atoms with Crippen LogP contribution in [0, 0.1) is 0 Å². The van der Waals surface area contributed by atoms with Gasteiger partial charge in [-0.3, -0.25) is 4.79 Å². The number of amides is 1. The van der Waals surface area contributed by atoms with Crippen molar-refractivity contribution < 1.29 is 4.79 Å². The number of thiophene rings is 1. The zero-order chi connectivity index (χ0) is 18.1. The molecule has 0 aliphatic rings. The van der Waals surface area contributed by atoms with Crippen LogP contribution in [0.2, 0.25) is 0 Å². The average Bonchev–Trinajstić information content (AvgIpc) is 3.38. The molecule has 7 heteroatoms. The zero-order valence-electron chi connectivity index (χ0n) is 14.5.